The van der Waals surface area contributed by atoms with Crippen LogP contribution in [0, 0.1) is 18.6 Å². The predicted molar refractivity (Wildman–Crippen MR) is 71.0 cm³/mol. The van der Waals surface area contributed by atoms with Crippen LogP contribution in [0.1, 0.15) is 35.3 Å². The highest BCUT2D eigenvalue weighted by molar-refractivity contribution is 5.37. The van der Waals surface area contributed by atoms with Crippen molar-refractivity contribution < 1.29 is 13.9 Å². The SMILES string of the molecule is CCc1ccccc1C(O)c1ccc(C)c(F)c1F. The van der Waals surface area contributed by atoms with Gasteiger partial charge in [0.2, 0.25) is 0 Å². The molecule has 2 aromatic rings. The number of hydrogen-bond donors (Lipinski definition) is 1. The second kappa shape index (κ2) is 5.49. The predicted octanol–water partition coefficient (Wildman–Crippen LogP) is 3.92. The Morgan fingerprint density at radius 3 is 2.37 bits per heavy atom. The topological polar surface area (TPSA) is 20.2 Å². The van der Waals surface area contributed by atoms with Gasteiger partial charge in [0.25, 0.3) is 0 Å². The van der Waals surface area contributed by atoms with Crippen LogP contribution in [0.5, 0.6) is 0 Å². The van der Waals surface area contributed by atoms with Crippen molar-refractivity contribution >= 4 is 0 Å². The average Bonchev–Trinajstić information content (AvgIpc) is 2.44. The molecule has 0 aromatic heterocycles. The minimum absolute atomic E-state index is 0.0241. The molecule has 19 heavy (non-hydrogen) atoms. The molecule has 0 saturated heterocycles. The second-order valence-electron chi connectivity index (χ2n) is 4.55. The fourth-order valence-corrected chi connectivity index (χ4v) is 2.16. The van der Waals surface area contributed by atoms with Crippen molar-refractivity contribution in [3.8, 4) is 0 Å². The zero-order valence-electron chi connectivity index (χ0n) is 11.0. The van der Waals surface area contributed by atoms with Crippen LogP contribution in [0.25, 0.3) is 0 Å². The van der Waals surface area contributed by atoms with Gasteiger partial charge in [-0.2, -0.15) is 0 Å². The summed E-state index contributed by atoms with van der Waals surface area (Å²) in [7, 11) is 0. The smallest absolute Gasteiger partial charge is 0.165 e. The van der Waals surface area contributed by atoms with E-state index in [1.165, 1.54) is 19.1 Å². The summed E-state index contributed by atoms with van der Waals surface area (Å²) in [4.78, 5) is 0. The summed E-state index contributed by atoms with van der Waals surface area (Å²) in [5.74, 6) is -1.87. The molecule has 0 bridgehead atoms. The van der Waals surface area contributed by atoms with Crippen LogP contribution in [0.3, 0.4) is 0 Å². The van der Waals surface area contributed by atoms with E-state index < -0.39 is 17.7 Å². The highest BCUT2D eigenvalue weighted by Crippen LogP contribution is 2.29. The maximum Gasteiger partial charge on any atom is 0.165 e. The molecule has 1 unspecified atom stereocenters. The molecule has 0 heterocycles. The first-order valence-electron chi connectivity index (χ1n) is 6.26. The Kier molecular flexibility index (Phi) is 3.96. The molecule has 0 aliphatic carbocycles. The molecule has 0 spiro atoms. The van der Waals surface area contributed by atoms with E-state index in [1.807, 2.05) is 19.1 Å². The van der Waals surface area contributed by atoms with E-state index in [0.717, 1.165) is 12.0 Å². The van der Waals surface area contributed by atoms with Crippen LogP contribution < -0.4 is 0 Å². The number of hydrogen-bond acceptors (Lipinski definition) is 1. The molecular formula is C16H16F2O. The van der Waals surface area contributed by atoms with E-state index in [4.69, 9.17) is 0 Å². The van der Waals surface area contributed by atoms with Crippen molar-refractivity contribution in [2.75, 3.05) is 0 Å². The zero-order valence-corrected chi connectivity index (χ0v) is 11.0. The lowest BCUT2D eigenvalue weighted by molar-refractivity contribution is 0.212. The van der Waals surface area contributed by atoms with Gasteiger partial charge in [0.15, 0.2) is 11.6 Å². The standard InChI is InChI=1S/C16H16F2O/c1-3-11-6-4-5-7-12(11)16(19)13-9-8-10(2)14(17)15(13)18/h4-9,16,19H,3H2,1-2H3. The maximum atomic E-state index is 13.9. The molecule has 1 nitrogen and oxygen atoms in total. The highest BCUT2D eigenvalue weighted by atomic mass is 19.2. The Morgan fingerprint density at radius 2 is 1.68 bits per heavy atom. The molecule has 1 N–H and O–H groups in total. The minimum atomic E-state index is -1.15. The summed E-state index contributed by atoms with van der Waals surface area (Å²) < 4.78 is 27.5. The molecule has 0 amide bonds. The van der Waals surface area contributed by atoms with E-state index in [1.54, 1.807) is 12.1 Å². The number of aliphatic hydroxyl groups excluding tert-OH is 1. The van der Waals surface area contributed by atoms with Crippen molar-refractivity contribution in [1.82, 2.24) is 0 Å². The Balaban J connectivity index is 2.50. The molecule has 0 aliphatic heterocycles. The molecule has 100 valence electrons. The third-order valence-electron chi connectivity index (χ3n) is 3.33. The Hall–Kier alpha value is -1.74. The van der Waals surface area contributed by atoms with Crippen LogP contribution in [0.15, 0.2) is 36.4 Å². The number of halogens is 2. The lowest BCUT2D eigenvalue weighted by Crippen LogP contribution is -2.07. The molecule has 0 aliphatic rings. The van der Waals surface area contributed by atoms with Gasteiger partial charge in [-0.05, 0) is 30.0 Å². The van der Waals surface area contributed by atoms with Gasteiger partial charge >= 0.3 is 0 Å². The average molecular weight is 262 g/mol. The summed E-state index contributed by atoms with van der Waals surface area (Å²) in [6.07, 6.45) is -0.422. The summed E-state index contributed by atoms with van der Waals surface area (Å²) in [5.41, 5.74) is 1.75. The van der Waals surface area contributed by atoms with Crippen molar-refractivity contribution in [2.24, 2.45) is 0 Å². The van der Waals surface area contributed by atoms with Gasteiger partial charge in [-0.15, -0.1) is 0 Å². The largest absolute Gasteiger partial charge is 0.384 e. The third-order valence-corrected chi connectivity index (χ3v) is 3.33. The first kappa shape index (κ1) is 13.7. The van der Waals surface area contributed by atoms with Gasteiger partial charge in [-0.3, -0.25) is 0 Å². The van der Waals surface area contributed by atoms with E-state index >= 15 is 0 Å². The van der Waals surface area contributed by atoms with Crippen molar-refractivity contribution in [3.63, 3.8) is 0 Å². The van der Waals surface area contributed by atoms with Crippen molar-refractivity contribution in [1.29, 1.82) is 0 Å². The van der Waals surface area contributed by atoms with Crippen molar-refractivity contribution in [3.05, 3.63) is 70.3 Å². The quantitative estimate of drug-likeness (QED) is 0.889. The minimum Gasteiger partial charge on any atom is -0.384 e. The molecule has 3 heteroatoms. The van der Waals surface area contributed by atoms with Gasteiger partial charge in [0.05, 0.1) is 0 Å². The third kappa shape index (κ3) is 2.51. The Labute approximate surface area is 111 Å². The van der Waals surface area contributed by atoms with Crippen LogP contribution in [0.2, 0.25) is 0 Å². The van der Waals surface area contributed by atoms with Gasteiger partial charge in [0, 0.05) is 5.56 Å². The number of aryl methyl sites for hydroxylation is 2. The maximum absolute atomic E-state index is 13.9. The number of benzene rings is 2. The first-order chi connectivity index (χ1) is 9.06. The van der Waals surface area contributed by atoms with Gasteiger partial charge in [-0.25, -0.2) is 8.78 Å². The van der Waals surface area contributed by atoms with Crippen LogP contribution in [-0.2, 0) is 6.42 Å². The number of aliphatic hydroxyl groups is 1. The lowest BCUT2D eigenvalue weighted by Gasteiger charge is -2.16. The normalized spacial score (nSPS) is 12.5. The van der Waals surface area contributed by atoms with E-state index in [-0.39, 0.29) is 11.1 Å². The molecule has 2 rings (SSSR count). The second-order valence-corrected chi connectivity index (χ2v) is 4.55. The lowest BCUT2D eigenvalue weighted by atomic mass is 9.94. The van der Waals surface area contributed by atoms with E-state index in [0.29, 0.717) is 5.56 Å². The van der Waals surface area contributed by atoms with Crippen LogP contribution in [-0.4, -0.2) is 5.11 Å². The summed E-state index contributed by atoms with van der Waals surface area (Å²) in [6, 6.07) is 10.2. The van der Waals surface area contributed by atoms with Crippen LogP contribution >= 0.6 is 0 Å². The summed E-state index contributed by atoms with van der Waals surface area (Å²) in [6.45, 7) is 3.45. The van der Waals surface area contributed by atoms with Crippen molar-refractivity contribution in [2.45, 2.75) is 26.4 Å². The fraction of sp³-hybridized carbons (Fsp3) is 0.250. The molecule has 2 aromatic carbocycles. The highest BCUT2D eigenvalue weighted by Gasteiger charge is 2.20. The molecule has 1 atom stereocenters. The molecule has 0 fully saturated rings. The van der Waals surface area contributed by atoms with Gasteiger partial charge in [0.1, 0.15) is 6.10 Å². The molecule has 0 radical (unpaired) electrons. The van der Waals surface area contributed by atoms with Gasteiger partial charge < -0.3 is 5.11 Å². The number of rotatable bonds is 3. The fourth-order valence-electron chi connectivity index (χ4n) is 2.16. The van der Waals surface area contributed by atoms with Gasteiger partial charge in [-0.1, -0.05) is 43.3 Å². The molecular weight excluding hydrogens is 246 g/mol. The first-order valence-corrected chi connectivity index (χ1v) is 6.26. The Bertz CT molecular complexity index is 593. The summed E-state index contributed by atoms with van der Waals surface area (Å²) >= 11 is 0. The monoisotopic (exact) mass is 262 g/mol. The molecule has 0 saturated carbocycles. The Morgan fingerprint density at radius 1 is 1.00 bits per heavy atom. The van der Waals surface area contributed by atoms with E-state index in [9.17, 15) is 13.9 Å². The summed E-state index contributed by atoms with van der Waals surface area (Å²) in [5, 5.41) is 10.3. The van der Waals surface area contributed by atoms with Crippen LogP contribution in [0.4, 0.5) is 8.78 Å². The zero-order chi connectivity index (χ0) is 14.0. The van der Waals surface area contributed by atoms with E-state index in [2.05, 4.69) is 0 Å².